The lowest BCUT2D eigenvalue weighted by Crippen LogP contribution is -1.85. The first-order chi connectivity index (χ1) is 16.0. The van der Waals surface area contributed by atoms with Gasteiger partial charge in [-0.15, -0.1) is 13.2 Å². The molecule has 0 radical (unpaired) electrons. The third-order valence-electron chi connectivity index (χ3n) is 4.52. The molecule has 8 fully saturated rings. The molecular weight excluding hydrogens is 424 g/mol. The first-order valence-electron chi connectivity index (χ1n) is 13.8. The molecule has 4 saturated carbocycles. The molecule has 4 saturated heterocycles. The third-order valence-corrected chi connectivity index (χ3v) is 4.52. The van der Waals surface area contributed by atoms with Gasteiger partial charge < -0.3 is 18.9 Å². The van der Waals surface area contributed by atoms with E-state index in [1.165, 1.54) is 116 Å². The number of epoxide rings is 4. The number of hydrogen-bond donors (Lipinski definition) is 0. The number of ether oxygens (including phenoxy) is 4. The van der Waals surface area contributed by atoms with E-state index in [2.05, 4.69) is 32.1 Å². The van der Waals surface area contributed by atoms with Crippen LogP contribution in [0.2, 0.25) is 0 Å². The SMILES string of the molecule is C.C.C1CC1.C1CC1.C1CCCCC1.C1CCCCC1.C1CO1.C1CO1.C1CO1.C1CO1.C=C. The summed E-state index contributed by atoms with van der Waals surface area (Å²) >= 11 is 0. The summed E-state index contributed by atoms with van der Waals surface area (Å²) < 4.78 is 18.0. The van der Waals surface area contributed by atoms with Crippen molar-refractivity contribution in [2.24, 2.45) is 0 Å². The summed E-state index contributed by atoms with van der Waals surface area (Å²) in [6.45, 7) is 14.0. The van der Waals surface area contributed by atoms with E-state index in [-0.39, 0.29) is 14.9 Å². The lowest BCUT2D eigenvalue weighted by molar-refractivity contribution is 0.475. The Morgan fingerprint density at radius 1 is 0.235 bits per heavy atom. The van der Waals surface area contributed by atoms with Gasteiger partial charge in [0.15, 0.2) is 0 Å². The van der Waals surface area contributed by atoms with Crippen LogP contribution in [0.15, 0.2) is 13.2 Å². The molecule has 0 bridgehead atoms. The van der Waals surface area contributed by atoms with Gasteiger partial charge in [-0.05, 0) is 0 Å². The molecule has 0 aromatic rings. The highest BCUT2D eigenvalue weighted by Gasteiger charge is 1.97. The zero-order valence-corrected chi connectivity index (χ0v) is 21.4. The lowest BCUT2D eigenvalue weighted by Gasteiger charge is -2.05. The van der Waals surface area contributed by atoms with Crippen LogP contribution in [0.4, 0.5) is 0 Å². The van der Waals surface area contributed by atoms with Crippen LogP contribution in [0.25, 0.3) is 0 Å². The van der Waals surface area contributed by atoms with Gasteiger partial charge in [0.05, 0.1) is 52.9 Å². The normalized spacial score (nSPS) is 21.3. The van der Waals surface area contributed by atoms with Crippen molar-refractivity contribution in [1.29, 1.82) is 0 Å². The van der Waals surface area contributed by atoms with Crippen LogP contribution in [0.3, 0.4) is 0 Å². The van der Waals surface area contributed by atoms with Crippen LogP contribution in [0.1, 0.15) is 130 Å². The van der Waals surface area contributed by atoms with E-state index in [0.29, 0.717) is 0 Å². The van der Waals surface area contributed by atoms with Gasteiger partial charge >= 0.3 is 0 Å². The van der Waals surface area contributed by atoms with Crippen molar-refractivity contribution >= 4 is 0 Å². The van der Waals surface area contributed by atoms with Gasteiger partial charge in [-0.3, -0.25) is 0 Å². The molecule has 0 N–H and O–H groups in total. The van der Waals surface area contributed by atoms with Crippen LogP contribution >= 0.6 is 0 Å². The standard InChI is InChI=1S/2C6H12.2C3H6.4C2H4O.C2H4.2CH4/c2*1-2-4-6-5-3-1;6*1-2-3-1;1-2;;/h2*1-6H2;2*1-3H2;4*1-2H2;1-2H2;2*1H4. The Morgan fingerprint density at radius 3 is 0.324 bits per heavy atom. The molecular formula is C30H64O4. The van der Waals surface area contributed by atoms with Crippen LogP contribution in [-0.4, -0.2) is 52.9 Å². The maximum Gasteiger partial charge on any atom is 0.0701 e. The van der Waals surface area contributed by atoms with Crippen molar-refractivity contribution in [2.75, 3.05) is 52.9 Å². The van der Waals surface area contributed by atoms with E-state index in [9.17, 15) is 0 Å². The van der Waals surface area contributed by atoms with Crippen LogP contribution in [0, 0.1) is 0 Å². The van der Waals surface area contributed by atoms with E-state index < -0.39 is 0 Å². The Hall–Kier alpha value is -0.420. The average molecular weight is 489 g/mol. The molecule has 4 heterocycles. The highest BCUT2D eigenvalue weighted by atomic mass is 16.6. The Kier molecular flexibility index (Phi) is 41.6. The molecule has 0 aromatic heterocycles. The number of rotatable bonds is 0. The molecule has 4 aliphatic carbocycles. The molecule has 0 spiro atoms. The second-order valence-electron chi connectivity index (χ2n) is 8.81. The maximum atomic E-state index is 4.50. The van der Waals surface area contributed by atoms with Gasteiger partial charge in [-0.25, -0.2) is 0 Å². The minimum atomic E-state index is 0. The highest BCUT2D eigenvalue weighted by Crippen LogP contribution is 2.16. The fraction of sp³-hybridized carbons (Fsp3) is 0.933. The first-order valence-corrected chi connectivity index (χ1v) is 13.8. The van der Waals surface area contributed by atoms with E-state index in [1.54, 1.807) is 0 Å². The minimum absolute atomic E-state index is 0. The van der Waals surface area contributed by atoms with E-state index >= 15 is 0 Å². The van der Waals surface area contributed by atoms with Crippen molar-refractivity contribution in [3.05, 3.63) is 13.2 Å². The van der Waals surface area contributed by atoms with Crippen molar-refractivity contribution in [3.63, 3.8) is 0 Å². The third kappa shape index (κ3) is 95.6. The summed E-state index contributed by atoms with van der Waals surface area (Å²) in [7, 11) is 0. The summed E-state index contributed by atoms with van der Waals surface area (Å²) in [5.74, 6) is 0. The Bertz CT molecular complexity index is 207. The summed E-state index contributed by atoms with van der Waals surface area (Å²) in [5, 5.41) is 0. The van der Waals surface area contributed by atoms with Crippen molar-refractivity contribution < 1.29 is 18.9 Å². The zero-order valence-electron chi connectivity index (χ0n) is 21.4. The van der Waals surface area contributed by atoms with Crippen LogP contribution in [0.5, 0.6) is 0 Å². The van der Waals surface area contributed by atoms with Gasteiger partial charge in [0.2, 0.25) is 0 Å². The van der Waals surface area contributed by atoms with Crippen molar-refractivity contribution in [1.82, 2.24) is 0 Å². The Balaban J connectivity index is -0.000000323. The van der Waals surface area contributed by atoms with Crippen LogP contribution in [-0.2, 0) is 18.9 Å². The van der Waals surface area contributed by atoms with E-state index in [4.69, 9.17) is 0 Å². The molecule has 8 aliphatic rings. The Labute approximate surface area is 215 Å². The second kappa shape index (κ2) is 37.1. The lowest BCUT2D eigenvalue weighted by atomic mass is 10.0. The summed E-state index contributed by atoms with van der Waals surface area (Å²) in [6, 6.07) is 0. The molecule has 0 aromatic carbocycles. The van der Waals surface area contributed by atoms with E-state index in [0.717, 1.165) is 52.9 Å². The monoisotopic (exact) mass is 488 g/mol. The predicted octanol–water partition coefficient (Wildman–Crippen LogP) is 9.16. The van der Waals surface area contributed by atoms with Gasteiger partial charge in [0, 0.05) is 0 Å². The fourth-order valence-electron chi connectivity index (χ4n) is 2.12. The van der Waals surface area contributed by atoms with Gasteiger partial charge in [-0.1, -0.05) is 130 Å². The molecule has 4 heteroatoms. The molecule has 208 valence electrons. The molecule has 0 unspecified atom stereocenters. The van der Waals surface area contributed by atoms with Gasteiger partial charge in [0.25, 0.3) is 0 Å². The van der Waals surface area contributed by atoms with Crippen molar-refractivity contribution in [2.45, 2.75) is 130 Å². The maximum absolute atomic E-state index is 4.50. The molecule has 0 atom stereocenters. The average Bonchev–Trinajstić information content (AvgIpc) is 3.68. The van der Waals surface area contributed by atoms with Gasteiger partial charge in [0.1, 0.15) is 0 Å². The summed E-state index contributed by atoms with van der Waals surface area (Å²) in [5.41, 5.74) is 0. The predicted molar refractivity (Wildman–Crippen MR) is 151 cm³/mol. The topological polar surface area (TPSA) is 50.1 Å². The smallest absolute Gasteiger partial charge is 0.0701 e. The second-order valence-corrected chi connectivity index (χ2v) is 8.81. The minimum Gasteiger partial charge on any atom is -0.377 e. The number of hydrogen-bond acceptors (Lipinski definition) is 4. The molecule has 8 rings (SSSR count). The zero-order chi connectivity index (χ0) is 23.2. The summed E-state index contributed by atoms with van der Waals surface area (Å²) in [4.78, 5) is 0. The molecule has 34 heavy (non-hydrogen) atoms. The molecule has 0 amide bonds. The van der Waals surface area contributed by atoms with Crippen molar-refractivity contribution in [3.8, 4) is 0 Å². The van der Waals surface area contributed by atoms with Crippen LogP contribution < -0.4 is 0 Å². The highest BCUT2D eigenvalue weighted by molar-refractivity contribution is 4.52. The molecule has 4 nitrogen and oxygen atoms in total. The largest absolute Gasteiger partial charge is 0.377 e. The van der Waals surface area contributed by atoms with Gasteiger partial charge in [-0.2, -0.15) is 0 Å². The fourth-order valence-corrected chi connectivity index (χ4v) is 2.12. The quantitative estimate of drug-likeness (QED) is 0.252. The summed E-state index contributed by atoms with van der Waals surface area (Å²) in [6.07, 6.45) is 27.0. The molecule has 4 aliphatic heterocycles. The van der Waals surface area contributed by atoms with E-state index in [1.807, 2.05) is 0 Å². The first kappa shape index (κ1) is 38.1. The Morgan fingerprint density at radius 2 is 0.294 bits per heavy atom.